The number of carbonyl (C=O) groups is 5. The molecular formula is C19H14O9. The summed E-state index contributed by atoms with van der Waals surface area (Å²) in [6.45, 7) is 3.15. The Labute approximate surface area is 158 Å². The number of aliphatic carboxylic acids is 3. The third-order valence-corrected chi connectivity index (χ3v) is 3.04. The topological polar surface area (TPSA) is 155 Å². The highest BCUT2D eigenvalue weighted by atomic mass is 16.6. The summed E-state index contributed by atoms with van der Waals surface area (Å²) < 4.78 is 4.50. The molecule has 0 unspecified atom stereocenters. The van der Waals surface area contributed by atoms with Gasteiger partial charge in [0.05, 0.1) is 5.56 Å². The Hall–Kier alpha value is -4.27. The Morgan fingerprint density at radius 1 is 0.786 bits per heavy atom. The van der Waals surface area contributed by atoms with Crippen molar-refractivity contribution in [2.75, 3.05) is 0 Å². The molecule has 144 valence electrons. The van der Waals surface area contributed by atoms with Gasteiger partial charge >= 0.3 is 29.8 Å². The van der Waals surface area contributed by atoms with Gasteiger partial charge in [0.1, 0.15) is 0 Å². The Morgan fingerprint density at radius 2 is 1.21 bits per heavy atom. The fraction of sp³-hybridized carbons (Fsp3) is 0. The summed E-state index contributed by atoms with van der Waals surface area (Å²) in [5.41, 5.74) is 0.0811. The van der Waals surface area contributed by atoms with Crippen molar-refractivity contribution in [1.82, 2.24) is 0 Å². The molecule has 0 aliphatic rings. The molecule has 0 amide bonds. The molecule has 9 heteroatoms. The third-order valence-electron chi connectivity index (χ3n) is 3.04. The van der Waals surface area contributed by atoms with Gasteiger partial charge in [-0.15, -0.1) is 0 Å². The zero-order chi connectivity index (χ0) is 21.3. The zero-order valence-electron chi connectivity index (χ0n) is 14.2. The summed E-state index contributed by atoms with van der Waals surface area (Å²) in [6, 6.07) is 2.33. The van der Waals surface area contributed by atoms with Crippen molar-refractivity contribution in [3.8, 4) is 0 Å². The minimum atomic E-state index is -1.31. The summed E-state index contributed by atoms with van der Waals surface area (Å²) in [5.74, 6) is -6.05. The van der Waals surface area contributed by atoms with Gasteiger partial charge in [0.25, 0.3) is 0 Å². The van der Waals surface area contributed by atoms with Gasteiger partial charge in [-0.2, -0.15) is 0 Å². The van der Waals surface area contributed by atoms with Crippen LogP contribution in [-0.4, -0.2) is 45.2 Å². The zero-order valence-corrected chi connectivity index (χ0v) is 14.2. The van der Waals surface area contributed by atoms with Crippen molar-refractivity contribution in [3.63, 3.8) is 0 Å². The second-order valence-electron chi connectivity index (χ2n) is 5.00. The highest BCUT2D eigenvalue weighted by molar-refractivity contribution is 6.01. The van der Waals surface area contributed by atoms with E-state index in [1.807, 2.05) is 0 Å². The number of benzene rings is 1. The molecule has 1 rings (SSSR count). The van der Waals surface area contributed by atoms with Gasteiger partial charge in [-0.05, 0) is 47.1 Å². The Balaban J connectivity index is 3.68. The molecule has 0 spiro atoms. The van der Waals surface area contributed by atoms with E-state index in [4.69, 9.17) is 15.3 Å². The van der Waals surface area contributed by atoms with Crippen LogP contribution in [-0.2, 0) is 23.9 Å². The number of rotatable bonds is 8. The van der Waals surface area contributed by atoms with Crippen LogP contribution in [0.5, 0.6) is 0 Å². The molecule has 0 bridgehead atoms. The quantitative estimate of drug-likeness (QED) is 0.345. The number of carboxylic acids is 3. The van der Waals surface area contributed by atoms with Crippen LogP contribution in [0.15, 0.2) is 43.0 Å². The number of esters is 2. The van der Waals surface area contributed by atoms with Crippen LogP contribution >= 0.6 is 0 Å². The number of hydrogen-bond donors (Lipinski definition) is 3. The van der Waals surface area contributed by atoms with E-state index in [9.17, 15) is 24.0 Å². The van der Waals surface area contributed by atoms with Crippen LogP contribution in [0.4, 0.5) is 0 Å². The Kier molecular flexibility index (Phi) is 7.79. The minimum absolute atomic E-state index is 0.0745. The van der Waals surface area contributed by atoms with Gasteiger partial charge in [-0.25, -0.2) is 24.0 Å². The second kappa shape index (κ2) is 10.0. The first-order valence-electron chi connectivity index (χ1n) is 7.43. The lowest BCUT2D eigenvalue weighted by Gasteiger charge is -2.10. The first-order chi connectivity index (χ1) is 13.1. The molecule has 0 fully saturated rings. The predicted octanol–water partition coefficient (Wildman–Crippen LogP) is 1.85. The van der Waals surface area contributed by atoms with Crippen molar-refractivity contribution in [3.05, 3.63) is 65.3 Å². The van der Waals surface area contributed by atoms with Gasteiger partial charge in [-0.3, -0.25) is 0 Å². The predicted molar refractivity (Wildman–Crippen MR) is 97.1 cm³/mol. The van der Waals surface area contributed by atoms with Crippen LogP contribution in [0.25, 0.3) is 18.2 Å². The van der Waals surface area contributed by atoms with Crippen LogP contribution in [0.1, 0.15) is 27.0 Å². The summed E-state index contributed by atoms with van der Waals surface area (Å²) in [5, 5.41) is 26.5. The van der Waals surface area contributed by atoms with Crippen molar-refractivity contribution in [2.24, 2.45) is 0 Å². The molecule has 0 aliphatic heterocycles. The smallest absolute Gasteiger partial charge is 0.346 e. The molecule has 1 aromatic carbocycles. The third kappa shape index (κ3) is 6.92. The molecule has 0 saturated carbocycles. The highest BCUT2D eigenvalue weighted by Crippen LogP contribution is 2.23. The van der Waals surface area contributed by atoms with Crippen LogP contribution in [0.3, 0.4) is 0 Å². The Bertz CT molecular complexity index is 888. The van der Waals surface area contributed by atoms with E-state index in [0.717, 1.165) is 54.7 Å². The first kappa shape index (κ1) is 21.8. The Morgan fingerprint density at radius 3 is 1.61 bits per heavy atom. The molecule has 9 nitrogen and oxygen atoms in total. The standard InChI is InChI=1S/C19H14O9/c1-2-18(26)28-19(27)13-9-11(3-6-15(20)21)14(5-8-17(24)25)12(10-13)4-7-16(22)23/h2-10H,1H2,(H,20,21)(H,22,23)(H,24,25). The molecule has 0 radical (unpaired) electrons. The number of hydrogen-bond acceptors (Lipinski definition) is 6. The van der Waals surface area contributed by atoms with Crippen molar-refractivity contribution in [1.29, 1.82) is 0 Å². The molecule has 1 aromatic rings. The number of carbonyl (C=O) groups excluding carboxylic acids is 2. The minimum Gasteiger partial charge on any atom is -0.478 e. The lowest BCUT2D eigenvalue weighted by Crippen LogP contribution is -2.11. The maximum atomic E-state index is 12.1. The summed E-state index contributed by atoms with van der Waals surface area (Å²) >= 11 is 0. The van der Waals surface area contributed by atoms with Crippen LogP contribution < -0.4 is 0 Å². The van der Waals surface area contributed by atoms with Crippen molar-refractivity contribution < 1.29 is 44.0 Å². The molecule has 0 atom stereocenters. The maximum absolute atomic E-state index is 12.1. The van der Waals surface area contributed by atoms with E-state index in [0.29, 0.717) is 0 Å². The summed E-state index contributed by atoms with van der Waals surface area (Å²) in [7, 11) is 0. The highest BCUT2D eigenvalue weighted by Gasteiger charge is 2.15. The van der Waals surface area contributed by atoms with Gasteiger partial charge < -0.3 is 20.1 Å². The normalized spacial score (nSPS) is 11.0. The molecular weight excluding hydrogens is 372 g/mol. The molecule has 3 N–H and O–H groups in total. The van der Waals surface area contributed by atoms with Gasteiger partial charge in [0, 0.05) is 24.3 Å². The molecule has 0 aliphatic carbocycles. The average Bonchev–Trinajstić information content (AvgIpc) is 2.62. The van der Waals surface area contributed by atoms with E-state index in [2.05, 4.69) is 11.3 Å². The van der Waals surface area contributed by atoms with Gasteiger partial charge in [-0.1, -0.05) is 6.58 Å². The van der Waals surface area contributed by atoms with Crippen LogP contribution in [0, 0.1) is 0 Å². The average molecular weight is 386 g/mol. The molecule has 0 saturated heterocycles. The number of carboxylic acid groups (broad SMARTS) is 3. The van der Waals surface area contributed by atoms with E-state index in [1.165, 1.54) is 0 Å². The largest absolute Gasteiger partial charge is 0.478 e. The maximum Gasteiger partial charge on any atom is 0.346 e. The van der Waals surface area contributed by atoms with Crippen LogP contribution in [0.2, 0.25) is 0 Å². The van der Waals surface area contributed by atoms with E-state index in [-0.39, 0.29) is 22.3 Å². The second-order valence-corrected chi connectivity index (χ2v) is 5.00. The molecule has 0 aromatic heterocycles. The van der Waals surface area contributed by atoms with Crippen molar-refractivity contribution in [2.45, 2.75) is 0 Å². The fourth-order valence-corrected chi connectivity index (χ4v) is 1.95. The SMILES string of the molecule is C=CC(=O)OC(=O)c1cc(C=CC(=O)O)c(C=CC(=O)O)c(C=CC(=O)O)c1. The lowest BCUT2D eigenvalue weighted by atomic mass is 9.96. The van der Waals surface area contributed by atoms with E-state index < -0.39 is 29.8 Å². The first-order valence-corrected chi connectivity index (χ1v) is 7.43. The summed E-state index contributed by atoms with van der Waals surface area (Å²) in [6.07, 6.45) is 6.25. The monoisotopic (exact) mass is 386 g/mol. The summed E-state index contributed by atoms with van der Waals surface area (Å²) in [4.78, 5) is 55.8. The van der Waals surface area contributed by atoms with Crippen molar-refractivity contribution >= 4 is 48.1 Å². The molecule has 0 heterocycles. The van der Waals surface area contributed by atoms with E-state index >= 15 is 0 Å². The van der Waals surface area contributed by atoms with E-state index in [1.54, 1.807) is 0 Å². The fourth-order valence-electron chi connectivity index (χ4n) is 1.95. The van der Waals surface area contributed by atoms with Gasteiger partial charge in [0.2, 0.25) is 0 Å². The lowest BCUT2D eigenvalue weighted by molar-refractivity contribution is -0.133. The van der Waals surface area contributed by atoms with Gasteiger partial charge in [0.15, 0.2) is 0 Å². The molecule has 28 heavy (non-hydrogen) atoms. The number of ether oxygens (including phenoxy) is 1.